The molecule has 2 aliphatic heterocycles. The lowest BCUT2D eigenvalue weighted by Crippen LogP contribution is -2.48. The molecule has 2 heterocycles. The van der Waals surface area contributed by atoms with Gasteiger partial charge < -0.3 is 14.8 Å². The van der Waals surface area contributed by atoms with Crippen LogP contribution in [0.3, 0.4) is 0 Å². The summed E-state index contributed by atoms with van der Waals surface area (Å²) in [5, 5.41) is 3.41. The molecule has 2 atom stereocenters. The standard InChI is InChI=1S/C8H15NO2/c1-2-8(11-4-1)7-6-10-5-3-9-7/h7-9H,1-6H2/t7-,8+/m1/s1. The molecule has 0 aromatic carbocycles. The van der Waals surface area contributed by atoms with Gasteiger partial charge in [0, 0.05) is 13.2 Å². The number of ether oxygens (including phenoxy) is 2. The summed E-state index contributed by atoms with van der Waals surface area (Å²) in [4.78, 5) is 0. The molecular weight excluding hydrogens is 142 g/mol. The van der Waals surface area contributed by atoms with Crippen LogP contribution in [0.2, 0.25) is 0 Å². The maximum Gasteiger partial charge on any atom is 0.0751 e. The van der Waals surface area contributed by atoms with Gasteiger partial charge in [-0.15, -0.1) is 0 Å². The van der Waals surface area contributed by atoms with Crippen molar-refractivity contribution in [3.63, 3.8) is 0 Å². The van der Waals surface area contributed by atoms with Gasteiger partial charge >= 0.3 is 0 Å². The Morgan fingerprint density at radius 3 is 2.91 bits per heavy atom. The molecule has 2 rings (SSSR count). The van der Waals surface area contributed by atoms with Gasteiger partial charge in [-0.2, -0.15) is 0 Å². The minimum absolute atomic E-state index is 0.412. The molecule has 0 radical (unpaired) electrons. The molecule has 0 aromatic rings. The highest BCUT2D eigenvalue weighted by molar-refractivity contribution is 4.81. The molecule has 1 N–H and O–H groups in total. The van der Waals surface area contributed by atoms with Gasteiger partial charge in [0.2, 0.25) is 0 Å². The zero-order valence-electron chi connectivity index (χ0n) is 6.71. The topological polar surface area (TPSA) is 30.5 Å². The van der Waals surface area contributed by atoms with E-state index in [2.05, 4.69) is 5.32 Å². The van der Waals surface area contributed by atoms with E-state index in [9.17, 15) is 0 Å². The van der Waals surface area contributed by atoms with Crippen LogP contribution in [0.25, 0.3) is 0 Å². The summed E-state index contributed by atoms with van der Waals surface area (Å²) < 4.78 is 10.9. The molecular formula is C8H15NO2. The fraction of sp³-hybridized carbons (Fsp3) is 1.00. The zero-order valence-corrected chi connectivity index (χ0v) is 6.71. The average Bonchev–Trinajstić information content (AvgIpc) is 2.58. The van der Waals surface area contributed by atoms with Crippen molar-refractivity contribution in [2.75, 3.05) is 26.4 Å². The Bertz CT molecular complexity index is 117. The number of hydrogen-bond donors (Lipinski definition) is 1. The van der Waals surface area contributed by atoms with Gasteiger partial charge in [-0.05, 0) is 12.8 Å². The average molecular weight is 157 g/mol. The number of nitrogens with one attached hydrogen (secondary N) is 1. The van der Waals surface area contributed by atoms with Crippen molar-refractivity contribution in [3.05, 3.63) is 0 Å². The van der Waals surface area contributed by atoms with Crippen LogP contribution < -0.4 is 5.32 Å². The second-order valence-corrected chi connectivity index (χ2v) is 3.19. The van der Waals surface area contributed by atoms with Crippen molar-refractivity contribution < 1.29 is 9.47 Å². The molecule has 2 fully saturated rings. The molecule has 0 aromatic heterocycles. The second kappa shape index (κ2) is 3.52. The van der Waals surface area contributed by atoms with E-state index in [1.165, 1.54) is 12.8 Å². The summed E-state index contributed by atoms with van der Waals surface area (Å²) in [5.74, 6) is 0. The summed E-state index contributed by atoms with van der Waals surface area (Å²) in [5.41, 5.74) is 0. The summed E-state index contributed by atoms with van der Waals surface area (Å²) in [6.45, 7) is 3.58. The molecule has 0 unspecified atom stereocenters. The van der Waals surface area contributed by atoms with E-state index < -0.39 is 0 Å². The maximum absolute atomic E-state index is 5.55. The summed E-state index contributed by atoms with van der Waals surface area (Å²) >= 11 is 0. The predicted octanol–water partition coefficient (Wildman–Crippen LogP) is 0.154. The van der Waals surface area contributed by atoms with E-state index in [1.807, 2.05) is 0 Å². The van der Waals surface area contributed by atoms with Gasteiger partial charge in [-0.1, -0.05) is 0 Å². The van der Waals surface area contributed by atoms with E-state index in [4.69, 9.17) is 9.47 Å². The van der Waals surface area contributed by atoms with Crippen LogP contribution in [0.15, 0.2) is 0 Å². The first-order valence-electron chi connectivity index (χ1n) is 4.39. The fourth-order valence-electron chi connectivity index (χ4n) is 1.74. The molecule has 11 heavy (non-hydrogen) atoms. The van der Waals surface area contributed by atoms with E-state index in [0.29, 0.717) is 12.1 Å². The van der Waals surface area contributed by atoms with Gasteiger partial charge in [0.25, 0.3) is 0 Å². The lowest BCUT2D eigenvalue weighted by molar-refractivity contribution is 0.00465. The van der Waals surface area contributed by atoms with Crippen molar-refractivity contribution in [2.24, 2.45) is 0 Å². The van der Waals surface area contributed by atoms with Crippen molar-refractivity contribution in [1.82, 2.24) is 5.32 Å². The Morgan fingerprint density at radius 2 is 2.27 bits per heavy atom. The predicted molar refractivity (Wildman–Crippen MR) is 41.6 cm³/mol. The molecule has 0 aliphatic carbocycles. The van der Waals surface area contributed by atoms with E-state index >= 15 is 0 Å². The van der Waals surface area contributed by atoms with Gasteiger partial charge in [-0.25, -0.2) is 0 Å². The van der Waals surface area contributed by atoms with Crippen molar-refractivity contribution in [2.45, 2.75) is 25.0 Å². The first kappa shape index (κ1) is 7.53. The van der Waals surface area contributed by atoms with Crippen LogP contribution in [0.1, 0.15) is 12.8 Å². The number of rotatable bonds is 1. The quantitative estimate of drug-likeness (QED) is 0.588. The van der Waals surface area contributed by atoms with Crippen molar-refractivity contribution in [3.8, 4) is 0 Å². The van der Waals surface area contributed by atoms with Crippen LogP contribution in [0.5, 0.6) is 0 Å². The Balaban J connectivity index is 1.82. The largest absolute Gasteiger partial charge is 0.378 e. The lowest BCUT2D eigenvalue weighted by Gasteiger charge is -2.27. The number of hydrogen-bond acceptors (Lipinski definition) is 3. The first-order valence-corrected chi connectivity index (χ1v) is 4.39. The molecule has 3 nitrogen and oxygen atoms in total. The number of morpholine rings is 1. The third kappa shape index (κ3) is 1.72. The van der Waals surface area contributed by atoms with Crippen LogP contribution in [-0.4, -0.2) is 38.5 Å². The SMILES string of the molecule is C1CO[C@H]([C@H]2COCCN2)C1. The summed E-state index contributed by atoms with van der Waals surface area (Å²) in [6, 6.07) is 0.450. The minimum Gasteiger partial charge on any atom is -0.378 e. The van der Waals surface area contributed by atoms with Crippen molar-refractivity contribution >= 4 is 0 Å². The van der Waals surface area contributed by atoms with Gasteiger partial charge in [0.05, 0.1) is 25.4 Å². The summed E-state index contributed by atoms with van der Waals surface area (Å²) in [6.07, 6.45) is 2.82. The monoisotopic (exact) mass is 157 g/mol. The van der Waals surface area contributed by atoms with Crippen LogP contribution in [-0.2, 0) is 9.47 Å². The maximum atomic E-state index is 5.55. The van der Waals surface area contributed by atoms with E-state index in [0.717, 1.165) is 26.4 Å². The van der Waals surface area contributed by atoms with E-state index in [-0.39, 0.29) is 0 Å². The Hall–Kier alpha value is -0.120. The summed E-state index contributed by atoms with van der Waals surface area (Å²) in [7, 11) is 0. The Kier molecular flexibility index (Phi) is 2.41. The van der Waals surface area contributed by atoms with Crippen LogP contribution in [0, 0.1) is 0 Å². The normalized spacial score (nSPS) is 39.3. The van der Waals surface area contributed by atoms with Crippen molar-refractivity contribution in [1.29, 1.82) is 0 Å². The first-order chi connectivity index (χ1) is 5.47. The smallest absolute Gasteiger partial charge is 0.0751 e. The molecule has 0 saturated carbocycles. The van der Waals surface area contributed by atoms with Gasteiger partial charge in [0.1, 0.15) is 0 Å². The molecule has 2 saturated heterocycles. The van der Waals surface area contributed by atoms with Crippen LogP contribution >= 0.6 is 0 Å². The molecule has 64 valence electrons. The third-order valence-electron chi connectivity index (χ3n) is 2.36. The minimum atomic E-state index is 0.412. The molecule has 3 heteroatoms. The Morgan fingerprint density at radius 1 is 1.27 bits per heavy atom. The van der Waals surface area contributed by atoms with Crippen LogP contribution in [0.4, 0.5) is 0 Å². The highest BCUT2D eigenvalue weighted by Gasteiger charge is 2.27. The molecule has 0 spiro atoms. The zero-order chi connectivity index (χ0) is 7.52. The fourth-order valence-corrected chi connectivity index (χ4v) is 1.74. The Labute approximate surface area is 67.1 Å². The van der Waals surface area contributed by atoms with E-state index in [1.54, 1.807) is 0 Å². The van der Waals surface area contributed by atoms with Gasteiger partial charge in [0.15, 0.2) is 0 Å². The highest BCUT2D eigenvalue weighted by atomic mass is 16.5. The molecule has 0 bridgehead atoms. The molecule has 2 aliphatic rings. The molecule has 0 amide bonds. The lowest BCUT2D eigenvalue weighted by atomic mass is 10.1. The van der Waals surface area contributed by atoms with Gasteiger partial charge in [-0.3, -0.25) is 0 Å². The third-order valence-corrected chi connectivity index (χ3v) is 2.36. The highest BCUT2D eigenvalue weighted by Crippen LogP contribution is 2.16. The second-order valence-electron chi connectivity index (χ2n) is 3.19.